The highest BCUT2D eigenvalue weighted by molar-refractivity contribution is 6.08. The lowest BCUT2D eigenvalue weighted by atomic mass is 9.63. The minimum atomic E-state index is -5.22. The third kappa shape index (κ3) is 2.93. The Morgan fingerprint density at radius 2 is 1.65 bits per heavy atom. The van der Waals surface area contributed by atoms with E-state index in [-0.39, 0.29) is 28.9 Å². The van der Waals surface area contributed by atoms with Crippen LogP contribution in [0.5, 0.6) is 0 Å². The molecule has 0 N–H and O–H groups in total. The molecule has 6 rings (SSSR count). The number of anilines is 1. The number of likely N-dealkylation sites (tertiary alicyclic amines) is 1. The molecular weight excluding hydrogens is 413 g/mol. The van der Waals surface area contributed by atoms with E-state index in [2.05, 4.69) is 0 Å². The van der Waals surface area contributed by atoms with Crippen LogP contribution in [-0.2, 0) is 14.4 Å². The van der Waals surface area contributed by atoms with Crippen molar-refractivity contribution in [1.29, 1.82) is 0 Å². The molecule has 0 aromatic heterocycles. The van der Waals surface area contributed by atoms with Crippen LogP contribution in [0.2, 0.25) is 0 Å². The molecule has 9 heteroatoms. The summed E-state index contributed by atoms with van der Waals surface area (Å²) in [6.45, 7) is 0.417. The van der Waals surface area contributed by atoms with Crippen molar-refractivity contribution in [2.24, 2.45) is 35.5 Å². The molecule has 1 aliphatic heterocycles. The van der Waals surface area contributed by atoms with Crippen LogP contribution in [0.15, 0.2) is 36.4 Å². The van der Waals surface area contributed by atoms with Gasteiger partial charge in [0, 0.05) is 11.3 Å². The summed E-state index contributed by atoms with van der Waals surface area (Å²) >= 11 is 0. The van der Waals surface area contributed by atoms with Gasteiger partial charge >= 0.3 is 12.1 Å². The Hall–Kier alpha value is -2.97. The zero-order valence-electron chi connectivity index (χ0n) is 16.5. The van der Waals surface area contributed by atoms with E-state index in [0.29, 0.717) is 16.7 Å². The molecule has 0 unspecified atom stereocenters. The van der Waals surface area contributed by atoms with Gasteiger partial charge in [0.1, 0.15) is 6.67 Å². The van der Waals surface area contributed by atoms with Crippen molar-refractivity contribution in [1.82, 2.24) is 4.90 Å². The highest BCUT2D eigenvalue weighted by atomic mass is 19.4. The largest absolute Gasteiger partial charge is 0.471 e. The lowest BCUT2D eigenvalue weighted by molar-refractivity contribution is -0.171. The molecule has 3 amide bonds. The fourth-order valence-electron chi connectivity index (χ4n) is 5.61. The number of hydrogen-bond donors (Lipinski definition) is 0. The number of halogens is 3. The summed E-state index contributed by atoms with van der Waals surface area (Å²) < 4.78 is 40.0. The van der Waals surface area contributed by atoms with Gasteiger partial charge in [-0.15, -0.1) is 0 Å². The predicted octanol–water partition coefficient (Wildman–Crippen LogP) is 2.80. The van der Waals surface area contributed by atoms with Gasteiger partial charge in [0.15, 0.2) is 5.78 Å². The minimum absolute atomic E-state index is 0.0748. The Labute approximate surface area is 175 Å². The molecule has 162 valence electrons. The van der Waals surface area contributed by atoms with Gasteiger partial charge in [0.25, 0.3) is 0 Å². The van der Waals surface area contributed by atoms with E-state index in [4.69, 9.17) is 0 Å². The molecule has 1 aromatic rings. The van der Waals surface area contributed by atoms with Gasteiger partial charge in [0.05, 0.1) is 11.8 Å². The number of benzene rings is 1. The van der Waals surface area contributed by atoms with Crippen LogP contribution >= 0.6 is 0 Å². The SMILES string of the molecule is CC(=O)c1cccc(N(CN2C(=O)[C@@H]3[C@H]4C=C[C@@H]([C@@H]5C[C@H]45)[C@H]3C2=O)C(=O)C(F)(F)F)c1. The molecule has 1 heterocycles. The highest BCUT2D eigenvalue weighted by Gasteiger charge is 2.67. The van der Waals surface area contributed by atoms with Crippen LogP contribution in [0.25, 0.3) is 0 Å². The Bertz CT molecular complexity index is 1010. The summed E-state index contributed by atoms with van der Waals surface area (Å²) in [4.78, 5) is 51.3. The number of ketones is 1. The number of allylic oxidation sites excluding steroid dienone is 2. The lowest BCUT2D eigenvalue weighted by Gasteiger charge is -2.37. The van der Waals surface area contributed by atoms with Crippen molar-refractivity contribution in [2.75, 3.05) is 11.6 Å². The number of nitrogens with zero attached hydrogens (tertiary/aromatic N) is 2. The minimum Gasteiger partial charge on any atom is -0.295 e. The topological polar surface area (TPSA) is 74.8 Å². The summed E-state index contributed by atoms with van der Waals surface area (Å²) in [7, 11) is 0. The number of carbonyl (C=O) groups excluding carboxylic acids is 4. The van der Waals surface area contributed by atoms with Crippen molar-refractivity contribution >= 4 is 29.2 Å². The molecule has 0 radical (unpaired) electrons. The van der Waals surface area contributed by atoms with Gasteiger partial charge in [-0.2, -0.15) is 13.2 Å². The molecule has 31 heavy (non-hydrogen) atoms. The molecule has 4 aliphatic carbocycles. The zero-order chi connectivity index (χ0) is 22.2. The standard InChI is InChI=1S/C22H19F3N2O4/c1-10(28)11-3-2-4-12(7-11)26(21(31)22(23,24)25)9-27-19(29)17-13-5-6-14(16-8-15(13)16)18(17)20(27)30/h2-7,13-18H,8-9H2,1H3/t13-,14-,15-,16+,17+,18+/m0/s1. The molecule has 1 aromatic carbocycles. The highest BCUT2D eigenvalue weighted by Crippen LogP contribution is 2.65. The molecule has 6 nitrogen and oxygen atoms in total. The van der Waals surface area contributed by atoms with Crippen molar-refractivity contribution in [3.8, 4) is 0 Å². The summed E-state index contributed by atoms with van der Waals surface area (Å²) in [5.74, 6) is -4.22. The van der Waals surface area contributed by atoms with E-state index in [9.17, 15) is 32.3 Å². The van der Waals surface area contributed by atoms with Gasteiger partial charge in [0.2, 0.25) is 11.8 Å². The van der Waals surface area contributed by atoms with E-state index in [0.717, 1.165) is 17.4 Å². The predicted molar refractivity (Wildman–Crippen MR) is 101 cm³/mol. The first-order chi connectivity index (χ1) is 14.6. The molecule has 2 bridgehead atoms. The summed E-state index contributed by atoms with van der Waals surface area (Å²) in [6, 6.07) is 5.17. The average Bonchev–Trinajstić information content (AvgIpc) is 3.51. The number of hydrogen-bond acceptors (Lipinski definition) is 4. The van der Waals surface area contributed by atoms with Crippen LogP contribution in [0.4, 0.5) is 18.9 Å². The van der Waals surface area contributed by atoms with E-state index in [1.165, 1.54) is 25.1 Å². The number of rotatable bonds is 4. The Morgan fingerprint density at radius 3 is 2.16 bits per heavy atom. The summed E-state index contributed by atoms with van der Waals surface area (Å²) in [5, 5.41) is 0. The maximum Gasteiger partial charge on any atom is 0.471 e. The number of alkyl halides is 3. The quantitative estimate of drug-likeness (QED) is 0.417. The normalized spacial score (nSPS) is 32.7. The second kappa shape index (κ2) is 6.51. The van der Waals surface area contributed by atoms with E-state index in [1.807, 2.05) is 12.2 Å². The van der Waals surface area contributed by atoms with Crippen molar-refractivity contribution in [3.05, 3.63) is 42.0 Å². The molecule has 0 spiro atoms. The molecule has 5 aliphatic rings. The maximum atomic E-state index is 13.3. The molecule has 3 fully saturated rings. The molecule has 1 saturated heterocycles. The zero-order valence-corrected chi connectivity index (χ0v) is 16.5. The van der Waals surface area contributed by atoms with E-state index >= 15 is 0 Å². The van der Waals surface area contributed by atoms with E-state index < -0.39 is 42.4 Å². The molecular formula is C22H19F3N2O4. The Kier molecular flexibility index (Phi) is 4.19. The van der Waals surface area contributed by atoms with Crippen molar-refractivity contribution in [3.63, 3.8) is 0 Å². The first kappa shape index (κ1) is 20.0. The number of Topliss-reactive ketones (excluding diaryl/α,β-unsaturated/α-hetero) is 1. The smallest absolute Gasteiger partial charge is 0.295 e. The molecule has 6 atom stereocenters. The van der Waals surface area contributed by atoms with Gasteiger partial charge in [-0.3, -0.25) is 29.0 Å². The van der Waals surface area contributed by atoms with Crippen LogP contribution in [0, 0.1) is 35.5 Å². The maximum absolute atomic E-state index is 13.3. The van der Waals surface area contributed by atoms with Crippen LogP contribution < -0.4 is 4.90 Å². The number of amides is 3. The first-order valence-electron chi connectivity index (χ1n) is 10.1. The third-order valence-corrected chi connectivity index (χ3v) is 7.09. The lowest BCUT2D eigenvalue weighted by Crippen LogP contribution is -2.49. The van der Waals surface area contributed by atoms with Crippen LogP contribution in [0.1, 0.15) is 23.7 Å². The van der Waals surface area contributed by atoms with Gasteiger partial charge in [-0.25, -0.2) is 0 Å². The molecule has 2 saturated carbocycles. The van der Waals surface area contributed by atoms with Crippen molar-refractivity contribution < 1.29 is 32.3 Å². The fraction of sp³-hybridized carbons (Fsp3) is 0.455. The summed E-state index contributed by atoms with van der Waals surface area (Å²) in [6.07, 6.45) is -0.327. The average molecular weight is 432 g/mol. The van der Waals surface area contributed by atoms with Crippen LogP contribution in [-0.4, -0.2) is 41.2 Å². The van der Waals surface area contributed by atoms with Crippen molar-refractivity contribution in [2.45, 2.75) is 19.5 Å². The monoisotopic (exact) mass is 432 g/mol. The third-order valence-electron chi connectivity index (χ3n) is 7.09. The first-order valence-corrected chi connectivity index (χ1v) is 10.1. The fourth-order valence-corrected chi connectivity index (χ4v) is 5.61. The van der Waals surface area contributed by atoms with Crippen LogP contribution in [0.3, 0.4) is 0 Å². The summed E-state index contributed by atoms with van der Waals surface area (Å²) in [5.41, 5.74) is -0.0815. The Morgan fingerprint density at radius 1 is 1.06 bits per heavy atom. The van der Waals surface area contributed by atoms with Gasteiger partial charge in [-0.1, -0.05) is 24.3 Å². The number of imide groups is 1. The van der Waals surface area contributed by atoms with Gasteiger partial charge in [-0.05, 0) is 49.1 Å². The van der Waals surface area contributed by atoms with E-state index in [1.54, 1.807) is 0 Å². The second-order valence-corrected chi connectivity index (χ2v) is 8.74. The van der Waals surface area contributed by atoms with Gasteiger partial charge < -0.3 is 0 Å². The number of carbonyl (C=O) groups is 4. The second-order valence-electron chi connectivity index (χ2n) is 8.74. The Balaban J connectivity index is 1.48.